The van der Waals surface area contributed by atoms with Crippen LogP contribution in [0, 0.1) is 0 Å². The number of hydrogen-bond donors (Lipinski definition) is 4. The van der Waals surface area contributed by atoms with Gasteiger partial charge in [0.15, 0.2) is 11.5 Å². The monoisotopic (exact) mass is 253 g/mol. The molecule has 0 aliphatic rings. The molecule has 0 aliphatic carbocycles. The van der Waals surface area contributed by atoms with E-state index < -0.39 is 6.10 Å². The molecule has 1 atom stereocenters. The maximum atomic E-state index is 9.73. The predicted octanol–water partition coefficient (Wildman–Crippen LogP) is 0.973. The van der Waals surface area contributed by atoms with Crippen LogP contribution in [0.1, 0.15) is 28.4 Å². The Balaban J connectivity index is -0.000000750. The van der Waals surface area contributed by atoms with Crippen molar-refractivity contribution in [1.82, 2.24) is 5.32 Å². The number of aliphatic hydroxyl groups excluding tert-OH is 1. The van der Waals surface area contributed by atoms with Crippen molar-refractivity contribution in [1.29, 1.82) is 0 Å². The predicted molar refractivity (Wildman–Crippen MR) is 65.8 cm³/mol. The van der Waals surface area contributed by atoms with Crippen LogP contribution < -0.4 is 5.32 Å². The van der Waals surface area contributed by atoms with Crippen LogP contribution in [0.5, 0.6) is 11.5 Å². The average molecular weight is 253 g/mol. The number of benzene rings is 1. The fourth-order valence-corrected chi connectivity index (χ4v) is 1.21. The van der Waals surface area contributed by atoms with Gasteiger partial charge in [0.25, 0.3) is 0 Å². The van der Waals surface area contributed by atoms with Crippen LogP contribution in [-0.4, -0.2) is 65.6 Å². The van der Waals surface area contributed by atoms with Gasteiger partial charge in [-0.15, -0.1) is 0 Å². The Kier molecular flexibility index (Phi) is 7.35. The summed E-state index contributed by atoms with van der Waals surface area (Å²) in [7, 11) is 0. The third kappa shape index (κ3) is 4.89. The Bertz CT molecular complexity index is 340. The number of aliphatic hydroxyl groups is 1. The van der Waals surface area contributed by atoms with Gasteiger partial charge in [-0.25, -0.2) is 0 Å². The second-order valence-electron chi connectivity index (χ2n) is 3.83. The SMILES string of the molecule is CC(C)NCC(O)c1ccc(O)c(O)c1.[Ca+2].[H-].[H-]. The molecular weight excluding hydrogens is 234 g/mol. The van der Waals surface area contributed by atoms with Gasteiger partial charge in [-0.3, -0.25) is 0 Å². The molecule has 0 saturated heterocycles. The third-order valence-corrected chi connectivity index (χ3v) is 2.10. The maximum absolute atomic E-state index is 9.73. The molecule has 5 heteroatoms. The van der Waals surface area contributed by atoms with Crippen molar-refractivity contribution in [3.05, 3.63) is 23.8 Å². The molecule has 0 radical (unpaired) electrons. The molecule has 0 aromatic heterocycles. The smallest absolute Gasteiger partial charge is 1.00 e. The molecule has 16 heavy (non-hydrogen) atoms. The molecule has 4 nitrogen and oxygen atoms in total. The van der Waals surface area contributed by atoms with Crippen LogP contribution in [0.4, 0.5) is 0 Å². The summed E-state index contributed by atoms with van der Waals surface area (Å²) in [5.41, 5.74) is 0.582. The quantitative estimate of drug-likeness (QED) is 0.477. The summed E-state index contributed by atoms with van der Waals surface area (Å²) in [5, 5.41) is 31.2. The van der Waals surface area contributed by atoms with E-state index in [0.717, 1.165) is 0 Å². The largest absolute Gasteiger partial charge is 2.00 e. The van der Waals surface area contributed by atoms with Crippen LogP contribution in [0.25, 0.3) is 0 Å². The molecule has 1 aromatic carbocycles. The van der Waals surface area contributed by atoms with E-state index in [0.29, 0.717) is 18.2 Å². The van der Waals surface area contributed by atoms with E-state index in [2.05, 4.69) is 5.32 Å². The summed E-state index contributed by atoms with van der Waals surface area (Å²) in [6.45, 7) is 4.39. The summed E-state index contributed by atoms with van der Waals surface area (Å²) >= 11 is 0. The van der Waals surface area contributed by atoms with Crippen LogP contribution in [0.2, 0.25) is 0 Å². The van der Waals surface area contributed by atoms with E-state index in [-0.39, 0.29) is 52.1 Å². The molecule has 0 fully saturated rings. The molecule has 1 rings (SSSR count). The van der Waals surface area contributed by atoms with Crippen LogP contribution in [0.3, 0.4) is 0 Å². The maximum Gasteiger partial charge on any atom is 2.00 e. The molecule has 4 N–H and O–H groups in total. The molecule has 1 unspecified atom stereocenters. The normalized spacial score (nSPS) is 12.2. The number of hydrogen-bond acceptors (Lipinski definition) is 4. The fraction of sp³-hybridized carbons (Fsp3) is 0.455. The Morgan fingerprint density at radius 2 is 1.88 bits per heavy atom. The zero-order valence-electron chi connectivity index (χ0n) is 11.6. The third-order valence-electron chi connectivity index (χ3n) is 2.10. The van der Waals surface area contributed by atoms with Gasteiger partial charge in [-0.2, -0.15) is 0 Å². The minimum Gasteiger partial charge on any atom is -1.00 e. The molecule has 0 aliphatic heterocycles. The molecule has 0 heterocycles. The molecule has 88 valence electrons. The number of aromatic hydroxyl groups is 2. The number of phenols is 2. The van der Waals surface area contributed by atoms with Gasteiger partial charge in [0.05, 0.1) is 6.10 Å². The van der Waals surface area contributed by atoms with Crippen molar-refractivity contribution in [2.24, 2.45) is 0 Å². The van der Waals surface area contributed by atoms with Gasteiger partial charge in [-0.05, 0) is 17.7 Å². The molecule has 0 bridgehead atoms. The fourth-order valence-electron chi connectivity index (χ4n) is 1.21. The van der Waals surface area contributed by atoms with E-state index in [4.69, 9.17) is 5.11 Å². The zero-order chi connectivity index (χ0) is 11.4. The summed E-state index contributed by atoms with van der Waals surface area (Å²) < 4.78 is 0. The van der Waals surface area contributed by atoms with E-state index >= 15 is 0 Å². The van der Waals surface area contributed by atoms with Crippen molar-refractivity contribution in [3.63, 3.8) is 0 Å². The minimum absolute atomic E-state index is 0. The molecule has 1 aromatic rings. The Hall–Kier alpha value is -0.000260. The summed E-state index contributed by atoms with van der Waals surface area (Å²) in [6, 6.07) is 4.61. The summed E-state index contributed by atoms with van der Waals surface area (Å²) in [6.07, 6.45) is -0.682. The van der Waals surface area contributed by atoms with E-state index in [1.807, 2.05) is 13.8 Å². The first-order chi connectivity index (χ1) is 7.00. The zero-order valence-corrected chi connectivity index (χ0v) is 11.9. The average Bonchev–Trinajstić information content (AvgIpc) is 2.18. The standard InChI is InChI=1S/C11H17NO3.Ca.2H/c1-7(2)12-6-11(15)8-3-4-9(13)10(14)5-8;;;/h3-5,7,11-15H,6H2,1-2H3;;;/q;+2;2*-1. The molecular formula is C11H19CaNO3. The molecule has 0 amide bonds. The van der Waals surface area contributed by atoms with Crippen LogP contribution in [-0.2, 0) is 0 Å². The van der Waals surface area contributed by atoms with Gasteiger partial charge >= 0.3 is 37.7 Å². The van der Waals surface area contributed by atoms with Gasteiger partial charge in [0.2, 0.25) is 0 Å². The number of phenolic OH excluding ortho intramolecular Hbond substituents is 2. The van der Waals surface area contributed by atoms with E-state index in [1.54, 1.807) is 6.07 Å². The van der Waals surface area contributed by atoms with Crippen molar-refractivity contribution >= 4 is 37.7 Å². The Morgan fingerprint density at radius 1 is 1.25 bits per heavy atom. The van der Waals surface area contributed by atoms with E-state index in [9.17, 15) is 10.2 Å². The van der Waals surface area contributed by atoms with Crippen molar-refractivity contribution in [2.45, 2.75) is 26.0 Å². The van der Waals surface area contributed by atoms with Crippen molar-refractivity contribution in [3.8, 4) is 11.5 Å². The van der Waals surface area contributed by atoms with Gasteiger partial charge in [-0.1, -0.05) is 19.9 Å². The first kappa shape index (κ1) is 16.0. The number of rotatable bonds is 4. The van der Waals surface area contributed by atoms with Gasteiger partial charge in [0, 0.05) is 12.6 Å². The van der Waals surface area contributed by atoms with Gasteiger partial charge in [0.1, 0.15) is 0 Å². The second kappa shape index (κ2) is 7.35. The Morgan fingerprint density at radius 3 is 2.38 bits per heavy atom. The second-order valence-corrected chi connectivity index (χ2v) is 3.83. The summed E-state index contributed by atoms with van der Waals surface area (Å²) in [5.74, 6) is -0.390. The molecule has 0 spiro atoms. The first-order valence-corrected chi connectivity index (χ1v) is 4.94. The minimum atomic E-state index is -0.682. The Labute approximate surface area is 128 Å². The summed E-state index contributed by atoms with van der Waals surface area (Å²) in [4.78, 5) is 0. The van der Waals surface area contributed by atoms with Crippen molar-refractivity contribution in [2.75, 3.05) is 6.54 Å². The van der Waals surface area contributed by atoms with Crippen LogP contribution in [0.15, 0.2) is 18.2 Å². The first-order valence-electron chi connectivity index (χ1n) is 4.94. The topological polar surface area (TPSA) is 72.7 Å². The van der Waals surface area contributed by atoms with Crippen molar-refractivity contribution < 1.29 is 18.2 Å². The van der Waals surface area contributed by atoms with Crippen LogP contribution >= 0.6 is 0 Å². The van der Waals surface area contributed by atoms with E-state index in [1.165, 1.54) is 12.1 Å². The number of nitrogens with one attached hydrogen (secondary N) is 1. The van der Waals surface area contributed by atoms with Gasteiger partial charge < -0.3 is 23.5 Å². The molecule has 0 saturated carbocycles.